The number of carbonyl (C=O) groups excluding carboxylic acids is 2. The second-order valence-corrected chi connectivity index (χ2v) is 6.26. The quantitative estimate of drug-likeness (QED) is 0.204. The number of allylic oxidation sites excluding steroid dienone is 1. The maximum Gasteiger partial charge on any atom is 0.306 e. The Balaban J connectivity index is 3.41. The Morgan fingerprint density at radius 1 is 0.840 bits per heavy atom. The molecule has 0 aromatic carbocycles. The lowest BCUT2D eigenvalue weighted by molar-refractivity contribution is -0.149. The molecule has 0 fully saturated rings. The van der Waals surface area contributed by atoms with E-state index in [1.54, 1.807) is 0 Å². The Morgan fingerprint density at radius 3 is 2.08 bits per heavy atom. The number of unbranched alkanes of at least 4 members (excludes halogenated alkanes) is 6. The molecular weight excluding hydrogens is 316 g/mol. The average Bonchev–Trinajstić information content (AvgIpc) is 2.57. The normalized spacial score (nSPS) is 9.72. The van der Waals surface area contributed by atoms with Gasteiger partial charge in [0, 0.05) is 12.8 Å². The molecule has 0 saturated carbocycles. The SMILES string of the molecule is CCC#CCCCCCCCCOC(=O)CCC(=O)OCC=C(C)C. The maximum absolute atomic E-state index is 11.5. The summed E-state index contributed by atoms with van der Waals surface area (Å²) < 4.78 is 10.1. The fraction of sp³-hybridized carbons (Fsp3) is 0.714. The molecular formula is C21H34O4. The van der Waals surface area contributed by atoms with Crippen LogP contribution in [0.25, 0.3) is 0 Å². The van der Waals surface area contributed by atoms with Gasteiger partial charge >= 0.3 is 11.9 Å². The molecule has 0 unspecified atom stereocenters. The Labute approximate surface area is 153 Å². The first-order chi connectivity index (χ1) is 12.1. The van der Waals surface area contributed by atoms with Crippen LogP contribution < -0.4 is 0 Å². The molecule has 0 rings (SSSR count). The lowest BCUT2D eigenvalue weighted by atomic mass is 10.1. The van der Waals surface area contributed by atoms with Gasteiger partial charge in [0.25, 0.3) is 0 Å². The monoisotopic (exact) mass is 350 g/mol. The number of carbonyl (C=O) groups is 2. The molecule has 0 amide bonds. The van der Waals surface area contributed by atoms with E-state index in [0.717, 1.165) is 37.7 Å². The largest absolute Gasteiger partial charge is 0.466 e. The number of rotatable bonds is 13. The number of ether oxygens (including phenoxy) is 2. The molecule has 0 aromatic heterocycles. The molecule has 25 heavy (non-hydrogen) atoms. The number of esters is 2. The van der Waals surface area contributed by atoms with Crippen LogP contribution in [0.4, 0.5) is 0 Å². The lowest BCUT2D eigenvalue weighted by Crippen LogP contribution is -2.11. The van der Waals surface area contributed by atoms with Gasteiger partial charge in [0.15, 0.2) is 0 Å². The second-order valence-electron chi connectivity index (χ2n) is 6.26. The van der Waals surface area contributed by atoms with Crippen LogP contribution >= 0.6 is 0 Å². The minimum absolute atomic E-state index is 0.0797. The minimum Gasteiger partial charge on any atom is -0.466 e. The standard InChI is InChI=1S/C21H34O4/c1-4-5-6-7-8-9-10-11-12-13-17-24-20(22)14-15-21(23)25-18-16-19(2)3/h16H,4,7-15,17-18H2,1-3H3. The molecule has 0 bridgehead atoms. The van der Waals surface area contributed by atoms with Crippen LogP contribution in [0.15, 0.2) is 11.6 Å². The molecule has 0 spiro atoms. The van der Waals surface area contributed by atoms with Gasteiger partial charge in [-0.25, -0.2) is 0 Å². The Bertz CT molecular complexity index is 450. The summed E-state index contributed by atoms with van der Waals surface area (Å²) in [7, 11) is 0. The van der Waals surface area contributed by atoms with E-state index in [1.165, 1.54) is 19.3 Å². The van der Waals surface area contributed by atoms with E-state index >= 15 is 0 Å². The van der Waals surface area contributed by atoms with Crippen LogP contribution in [0, 0.1) is 11.8 Å². The van der Waals surface area contributed by atoms with Gasteiger partial charge in [0.05, 0.1) is 19.4 Å². The molecule has 0 N–H and O–H groups in total. The predicted molar refractivity (Wildman–Crippen MR) is 101 cm³/mol. The molecule has 0 aromatic rings. The molecule has 0 saturated heterocycles. The number of hydrogen-bond acceptors (Lipinski definition) is 4. The van der Waals surface area contributed by atoms with Gasteiger partial charge in [-0.3, -0.25) is 9.59 Å². The van der Waals surface area contributed by atoms with E-state index in [9.17, 15) is 9.59 Å². The van der Waals surface area contributed by atoms with Gasteiger partial charge in [-0.1, -0.05) is 38.2 Å². The van der Waals surface area contributed by atoms with Gasteiger partial charge < -0.3 is 9.47 Å². The summed E-state index contributed by atoms with van der Waals surface area (Å²) in [6.45, 7) is 6.65. The van der Waals surface area contributed by atoms with Crippen LogP contribution in [0.2, 0.25) is 0 Å². The van der Waals surface area contributed by atoms with Crippen LogP contribution in [-0.2, 0) is 19.1 Å². The van der Waals surface area contributed by atoms with E-state index in [-0.39, 0.29) is 31.4 Å². The zero-order valence-corrected chi connectivity index (χ0v) is 16.2. The van der Waals surface area contributed by atoms with Crippen LogP contribution in [0.3, 0.4) is 0 Å². The molecule has 142 valence electrons. The summed E-state index contributed by atoms with van der Waals surface area (Å²) in [5.74, 6) is 5.54. The summed E-state index contributed by atoms with van der Waals surface area (Å²) >= 11 is 0. The smallest absolute Gasteiger partial charge is 0.306 e. The lowest BCUT2D eigenvalue weighted by Gasteiger charge is -2.05. The highest BCUT2D eigenvalue weighted by Crippen LogP contribution is 2.07. The van der Waals surface area contributed by atoms with Crippen LogP contribution in [0.5, 0.6) is 0 Å². The van der Waals surface area contributed by atoms with Crippen molar-refractivity contribution >= 4 is 11.9 Å². The molecule has 0 aliphatic carbocycles. The molecule has 4 nitrogen and oxygen atoms in total. The highest BCUT2D eigenvalue weighted by atomic mass is 16.5. The van der Waals surface area contributed by atoms with Crippen molar-refractivity contribution in [3.05, 3.63) is 11.6 Å². The Hall–Kier alpha value is -1.76. The van der Waals surface area contributed by atoms with E-state index in [2.05, 4.69) is 18.8 Å². The Kier molecular flexibility index (Phi) is 15.9. The first kappa shape index (κ1) is 23.2. The molecule has 0 radical (unpaired) electrons. The number of hydrogen-bond donors (Lipinski definition) is 0. The summed E-state index contributed by atoms with van der Waals surface area (Å²) in [6, 6.07) is 0. The summed E-state index contributed by atoms with van der Waals surface area (Å²) in [6.07, 6.45) is 10.6. The van der Waals surface area contributed by atoms with Crippen molar-refractivity contribution in [3.8, 4) is 11.8 Å². The van der Waals surface area contributed by atoms with Crippen molar-refractivity contribution in [2.24, 2.45) is 0 Å². The first-order valence-electron chi connectivity index (χ1n) is 9.46. The van der Waals surface area contributed by atoms with Crippen molar-refractivity contribution in [2.75, 3.05) is 13.2 Å². The van der Waals surface area contributed by atoms with Crippen molar-refractivity contribution in [2.45, 2.75) is 85.0 Å². The topological polar surface area (TPSA) is 52.6 Å². The highest BCUT2D eigenvalue weighted by Gasteiger charge is 2.08. The average molecular weight is 350 g/mol. The van der Waals surface area contributed by atoms with E-state index in [4.69, 9.17) is 9.47 Å². The third kappa shape index (κ3) is 18.4. The van der Waals surface area contributed by atoms with Gasteiger partial charge in [-0.15, -0.1) is 11.8 Å². The molecule has 0 aliphatic rings. The third-order valence-corrected chi connectivity index (χ3v) is 3.53. The van der Waals surface area contributed by atoms with Gasteiger partial charge in [-0.05, 0) is 32.8 Å². The molecule has 0 heterocycles. The second kappa shape index (κ2) is 17.1. The fourth-order valence-corrected chi connectivity index (χ4v) is 2.07. The first-order valence-corrected chi connectivity index (χ1v) is 9.46. The van der Waals surface area contributed by atoms with E-state index in [1.807, 2.05) is 19.9 Å². The van der Waals surface area contributed by atoms with E-state index in [0.29, 0.717) is 6.61 Å². The van der Waals surface area contributed by atoms with Crippen molar-refractivity contribution in [3.63, 3.8) is 0 Å². The third-order valence-electron chi connectivity index (χ3n) is 3.53. The highest BCUT2D eigenvalue weighted by molar-refractivity contribution is 5.77. The minimum atomic E-state index is -0.363. The summed E-state index contributed by atoms with van der Waals surface area (Å²) in [5.41, 5.74) is 1.09. The van der Waals surface area contributed by atoms with Crippen molar-refractivity contribution in [1.29, 1.82) is 0 Å². The predicted octanol–water partition coefficient (Wildman–Crippen LogP) is 4.96. The van der Waals surface area contributed by atoms with Crippen LogP contribution in [0.1, 0.15) is 85.0 Å². The molecule has 4 heteroatoms. The fourth-order valence-electron chi connectivity index (χ4n) is 2.07. The van der Waals surface area contributed by atoms with Gasteiger partial charge in [0.2, 0.25) is 0 Å². The van der Waals surface area contributed by atoms with Crippen molar-refractivity contribution < 1.29 is 19.1 Å². The summed E-state index contributed by atoms with van der Waals surface area (Å²) in [4.78, 5) is 23.0. The molecule has 0 aliphatic heterocycles. The Morgan fingerprint density at radius 2 is 1.44 bits per heavy atom. The maximum atomic E-state index is 11.5. The van der Waals surface area contributed by atoms with Crippen molar-refractivity contribution in [1.82, 2.24) is 0 Å². The van der Waals surface area contributed by atoms with E-state index < -0.39 is 0 Å². The van der Waals surface area contributed by atoms with Gasteiger partial charge in [-0.2, -0.15) is 0 Å². The van der Waals surface area contributed by atoms with Crippen LogP contribution in [-0.4, -0.2) is 25.2 Å². The molecule has 0 atom stereocenters. The van der Waals surface area contributed by atoms with Gasteiger partial charge in [0.1, 0.15) is 6.61 Å². The zero-order valence-electron chi connectivity index (χ0n) is 16.2. The summed E-state index contributed by atoms with van der Waals surface area (Å²) in [5, 5.41) is 0. The zero-order chi connectivity index (χ0) is 18.8.